The number of hydrogen-bond donors (Lipinski definition) is 0. The third kappa shape index (κ3) is 4.34. The van der Waals surface area contributed by atoms with Crippen molar-refractivity contribution in [3.8, 4) is 23.3 Å². The number of imidazole rings is 1. The maximum absolute atomic E-state index is 6.10. The Morgan fingerprint density at radius 1 is 0.969 bits per heavy atom. The summed E-state index contributed by atoms with van der Waals surface area (Å²) in [4.78, 5) is 12.8. The van der Waals surface area contributed by atoms with Crippen LogP contribution in [0.3, 0.4) is 0 Å². The van der Waals surface area contributed by atoms with Crippen molar-refractivity contribution in [3.05, 3.63) is 91.3 Å². The maximum atomic E-state index is 6.10. The summed E-state index contributed by atoms with van der Waals surface area (Å²) in [5.41, 5.74) is 3.46. The molecule has 0 saturated heterocycles. The third-order valence-electron chi connectivity index (χ3n) is 4.92. The standard InChI is InChI=1S/C24H20N5O2.Pt/c1-17-18(2)29-22(26-17)14-21(15-24(29)31-23-9-4-5-10-25-23)30-20-8-6-7-19(13-20)28-12-11-27(3)16-28;/h4-12,14,16H,1-3H3;/q-3;. The molecule has 7 nitrogen and oxygen atoms in total. The number of aromatic nitrogens is 3. The molecule has 8 heteroatoms. The Hall–Kier alpha value is -3.31. The van der Waals surface area contributed by atoms with Crippen LogP contribution in [0.25, 0.3) is 5.65 Å². The van der Waals surface area contributed by atoms with E-state index in [4.69, 9.17) is 9.47 Å². The fraction of sp³-hybridized carbons (Fsp3) is 0.125. The van der Waals surface area contributed by atoms with Gasteiger partial charge in [-0.05, 0) is 45.1 Å². The van der Waals surface area contributed by atoms with Gasteiger partial charge >= 0.3 is 0 Å². The second-order valence-electron chi connectivity index (χ2n) is 7.17. The predicted octanol–water partition coefficient (Wildman–Crippen LogP) is 4.87. The summed E-state index contributed by atoms with van der Waals surface area (Å²) in [5, 5.41) is 0. The summed E-state index contributed by atoms with van der Waals surface area (Å²) in [6.07, 6.45) is 5.61. The molecule has 5 rings (SSSR count). The summed E-state index contributed by atoms with van der Waals surface area (Å²) in [6.45, 7) is 5.91. The molecule has 32 heavy (non-hydrogen) atoms. The van der Waals surface area contributed by atoms with E-state index < -0.39 is 0 Å². The van der Waals surface area contributed by atoms with Crippen molar-refractivity contribution < 1.29 is 30.5 Å². The molecule has 0 bridgehead atoms. The van der Waals surface area contributed by atoms with E-state index in [-0.39, 0.29) is 21.1 Å². The largest absolute Gasteiger partial charge is 0.521 e. The summed E-state index contributed by atoms with van der Waals surface area (Å²) in [5.74, 6) is 1.98. The molecule has 3 aromatic heterocycles. The van der Waals surface area contributed by atoms with Crippen LogP contribution in [-0.4, -0.2) is 26.3 Å². The number of aryl methyl sites for hydroxylation is 2. The normalized spacial score (nSPS) is 12.8. The molecule has 0 aliphatic carbocycles. The quantitative estimate of drug-likeness (QED) is 0.303. The van der Waals surface area contributed by atoms with Crippen molar-refractivity contribution in [2.45, 2.75) is 13.8 Å². The monoisotopic (exact) mass is 605 g/mol. The molecule has 166 valence electrons. The second-order valence-corrected chi connectivity index (χ2v) is 7.17. The van der Waals surface area contributed by atoms with Gasteiger partial charge in [-0.25, -0.2) is 4.98 Å². The van der Waals surface area contributed by atoms with Crippen LogP contribution in [0.1, 0.15) is 11.4 Å². The smallest absolute Gasteiger partial charge is 0.218 e. The maximum Gasteiger partial charge on any atom is 0.218 e. The molecule has 0 unspecified atom stereocenters. The molecule has 0 amide bonds. The average Bonchev–Trinajstić information content (AvgIpc) is 3.32. The van der Waals surface area contributed by atoms with E-state index >= 15 is 0 Å². The molecule has 4 heterocycles. The zero-order chi connectivity index (χ0) is 21.4. The molecule has 0 N–H and O–H groups in total. The first-order valence-corrected chi connectivity index (χ1v) is 9.81. The number of fused-ring (bicyclic) bond motifs is 1. The fourth-order valence-corrected chi connectivity index (χ4v) is 3.29. The number of benzene rings is 1. The number of anilines is 1. The Morgan fingerprint density at radius 2 is 1.84 bits per heavy atom. The van der Waals surface area contributed by atoms with Gasteiger partial charge < -0.3 is 19.3 Å². The molecule has 0 atom stereocenters. The number of pyridine rings is 2. The van der Waals surface area contributed by atoms with Gasteiger partial charge in [0, 0.05) is 44.8 Å². The van der Waals surface area contributed by atoms with Crippen LogP contribution in [0.5, 0.6) is 23.3 Å². The Bertz CT molecular complexity index is 1270. The molecular weight excluding hydrogens is 585 g/mol. The van der Waals surface area contributed by atoms with Crippen molar-refractivity contribution in [2.75, 3.05) is 11.9 Å². The molecule has 0 spiro atoms. The van der Waals surface area contributed by atoms with Gasteiger partial charge in [0.05, 0.1) is 11.3 Å². The first kappa shape index (κ1) is 21.9. The number of hydrogen-bond acceptors (Lipinski definition) is 6. The number of nitrogens with zero attached hydrogens (tertiary/aromatic N) is 5. The molecule has 1 aliphatic heterocycles. The fourth-order valence-electron chi connectivity index (χ4n) is 3.29. The van der Waals surface area contributed by atoms with E-state index in [2.05, 4.69) is 22.1 Å². The van der Waals surface area contributed by atoms with Gasteiger partial charge in [-0.2, -0.15) is 12.7 Å². The van der Waals surface area contributed by atoms with Crippen molar-refractivity contribution in [1.82, 2.24) is 19.3 Å². The minimum Gasteiger partial charge on any atom is -0.521 e. The van der Waals surface area contributed by atoms with Gasteiger partial charge in [0.1, 0.15) is 5.88 Å². The SMILES string of the molecule is Cc1nc2cc(Oc3[c-]c(N4C=CN(C)[CH-]4)ccc3)[c-]c(Oc3ccccn3)n2c1C.[Pt]. The van der Waals surface area contributed by atoms with E-state index in [0.29, 0.717) is 28.9 Å². The Balaban J connectivity index is 0.00000245. The van der Waals surface area contributed by atoms with Crippen LogP contribution in [-0.2, 0) is 21.1 Å². The van der Waals surface area contributed by atoms with Gasteiger partial charge in [-0.1, -0.05) is 6.07 Å². The summed E-state index contributed by atoms with van der Waals surface area (Å²) in [7, 11) is 1.97. The van der Waals surface area contributed by atoms with Crippen molar-refractivity contribution >= 4 is 11.3 Å². The summed E-state index contributed by atoms with van der Waals surface area (Å²) < 4.78 is 14.0. The van der Waals surface area contributed by atoms with E-state index in [0.717, 1.165) is 17.1 Å². The first-order chi connectivity index (χ1) is 15.1. The van der Waals surface area contributed by atoms with Crippen LogP contribution in [0.2, 0.25) is 0 Å². The van der Waals surface area contributed by atoms with Gasteiger partial charge in [-0.15, -0.1) is 36.0 Å². The molecule has 0 saturated carbocycles. The van der Waals surface area contributed by atoms with Crippen LogP contribution < -0.4 is 14.4 Å². The Morgan fingerprint density at radius 3 is 2.59 bits per heavy atom. The third-order valence-corrected chi connectivity index (χ3v) is 4.92. The molecular formula is C24H20N5O2Pt-3. The molecule has 1 aromatic carbocycles. The van der Waals surface area contributed by atoms with Gasteiger partial charge in [-0.3, -0.25) is 9.38 Å². The van der Waals surface area contributed by atoms with Crippen LogP contribution >= 0.6 is 0 Å². The minimum absolute atomic E-state index is 0. The Kier molecular flexibility index (Phi) is 6.19. The average molecular weight is 606 g/mol. The number of rotatable bonds is 5. The van der Waals surface area contributed by atoms with E-state index in [9.17, 15) is 0 Å². The molecule has 0 radical (unpaired) electrons. The predicted molar refractivity (Wildman–Crippen MR) is 117 cm³/mol. The number of ether oxygens (including phenoxy) is 2. The zero-order valence-electron chi connectivity index (χ0n) is 17.7. The minimum atomic E-state index is 0. The molecule has 4 aromatic rings. The van der Waals surface area contributed by atoms with Gasteiger partial charge in [0.25, 0.3) is 0 Å². The Labute approximate surface area is 201 Å². The molecule has 1 aliphatic rings. The summed E-state index contributed by atoms with van der Waals surface area (Å²) >= 11 is 0. The van der Waals surface area contributed by atoms with E-state index in [1.54, 1.807) is 12.3 Å². The van der Waals surface area contributed by atoms with Crippen LogP contribution in [0.15, 0.2) is 61.1 Å². The molecule has 0 fully saturated rings. The van der Waals surface area contributed by atoms with Crippen molar-refractivity contribution in [3.63, 3.8) is 0 Å². The van der Waals surface area contributed by atoms with Crippen molar-refractivity contribution in [1.29, 1.82) is 0 Å². The van der Waals surface area contributed by atoms with E-state index in [1.807, 2.05) is 90.6 Å². The van der Waals surface area contributed by atoms with Gasteiger partial charge in [0.15, 0.2) is 0 Å². The van der Waals surface area contributed by atoms with Crippen molar-refractivity contribution in [2.24, 2.45) is 0 Å². The topological polar surface area (TPSA) is 55.1 Å². The van der Waals surface area contributed by atoms with Gasteiger partial charge in [0.2, 0.25) is 5.88 Å². The summed E-state index contributed by atoms with van der Waals surface area (Å²) in [6, 6.07) is 19.6. The van der Waals surface area contributed by atoms with E-state index in [1.165, 1.54) is 0 Å². The first-order valence-electron chi connectivity index (χ1n) is 9.81. The second kappa shape index (κ2) is 9.05. The van der Waals surface area contributed by atoms with Crippen LogP contribution in [0, 0.1) is 32.6 Å². The van der Waals surface area contributed by atoms with Crippen LogP contribution in [0.4, 0.5) is 5.69 Å². The zero-order valence-corrected chi connectivity index (χ0v) is 20.0.